The molecule has 0 saturated carbocycles. The van der Waals surface area contributed by atoms with Gasteiger partial charge in [-0.3, -0.25) is 9.89 Å². The van der Waals surface area contributed by atoms with Crippen molar-refractivity contribution in [2.45, 2.75) is 26.3 Å². The van der Waals surface area contributed by atoms with Gasteiger partial charge in [-0.1, -0.05) is 26.0 Å². The van der Waals surface area contributed by atoms with Crippen LogP contribution in [0.15, 0.2) is 24.3 Å². The molecule has 0 radical (unpaired) electrons. The Morgan fingerprint density at radius 2 is 2.25 bits per heavy atom. The van der Waals surface area contributed by atoms with E-state index in [0.717, 1.165) is 11.3 Å². The summed E-state index contributed by atoms with van der Waals surface area (Å²) in [5, 5.41) is 9.45. The van der Waals surface area contributed by atoms with E-state index in [0.29, 0.717) is 12.4 Å². The number of hydrogen-bond acceptors (Lipinski definition) is 4. The number of nitrogens with one attached hydrogen (secondary N) is 2. The first-order chi connectivity index (χ1) is 9.60. The number of ether oxygens (including phenoxy) is 1. The number of aromatic amines is 1. The quantitative estimate of drug-likeness (QED) is 0.872. The Balaban J connectivity index is 1.97. The van der Waals surface area contributed by atoms with E-state index in [1.165, 1.54) is 0 Å². The van der Waals surface area contributed by atoms with Crippen LogP contribution in [0, 0.1) is 0 Å². The number of methoxy groups -OCH3 is 1. The zero-order valence-electron chi connectivity index (χ0n) is 11.8. The maximum atomic E-state index is 11.9. The molecule has 0 aliphatic rings. The number of nitrogens with zero attached hydrogens (tertiary/aromatic N) is 2. The van der Waals surface area contributed by atoms with Crippen LogP contribution in [0.5, 0.6) is 5.75 Å². The van der Waals surface area contributed by atoms with Crippen LogP contribution >= 0.6 is 0 Å². The van der Waals surface area contributed by atoms with Gasteiger partial charge in [0.15, 0.2) is 0 Å². The van der Waals surface area contributed by atoms with Gasteiger partial charge in [0, 0.05) is 12.5 Å². The standard InChI is InChI=1S/C14H18N4O2/c1-9(2)12-16-13(18-17-12)14(19)15-8-10-5-4-6-11(7-10)20-3/h4-7,9H,8H2,1-3H3,(H,15,19)(H,16,17,18). The van der Waals surface area contributed by atoms with Gasteiger partial charge in [-0.2, -0.15) is 0 Å². The molecule has 0 bridgehead atoms. The molecule has 0 unspecified atom stereocenters. The average Bonchev–Trinajstić information content (AvgIpc) is 2.95. The lowest BCUT2D eigenvalue weighted by atomic mass is 10.2. The van der Waals surface area contributed by atoms with Crippen LogP contribution < -0.4 is 10.1 Å². The summed E-state index contributed by atoms with van der Waals surface area (Å²) < 4.78 is 5.13. The predicted molar refractivity (Wildman–Crippen MR) is 74.6 cm³/mol. The number of rotatable bonds is 5. The molecule has 1 aromatic heterocycles. The van der Waals surface area contributed by atoms with Gasteiger partial charge < -0.3 is 10.1 Å². The van der Waals surface area contributed by atoms with E-state index >= 15 is 0 Å². The zero-order valence-corrected chi connectivity index (χ0v) is 11.8. The molecule has 20 heavy (non-hydrogen) atoms. The molecule has 0 fully saturated rings. The van der Waals surface area contributed by atoms with E-state index in [1.54, 1.807) is 7.11 Å². The average molecular weight is 274 g/mol. The highest BCUT2D eigenvalue weighted by molar-refractivity contribution is 5.90. The molecule has 1 amide bonds. The highest BCUT2D eigenvalue weighted by atomic mass is 16.5. The van der Waals surface area contributed by atoms with Crippen LogP contribution in [-0.2, 0) is 6.54 Å². The lowest BCUT2D eigenvalue weighted by molar-refractivity contribution is 0.0941. The summed E-state index contributed by atoms with van der Waals surface area (Å²) in [6, 6.07) is 7.53. The second-order valence-electron chi connectivity index (χ2n) is 4.73. The zero-order chi connectivity index (χ0) is 14.5. The molecule has 6 nitrogen and oxygen atoms in total. The van der Waals surface area contributed by atoms with Crippen LogP contribution in [0.25, 0.3) is 0 Å². The van der Waals surface area contributed by atoms with Gasteiger partial charge >= 0.3 is 0 Å². The first kappa shape index (κ1) is 14.0. The van der Waals surface area contributed by atoms with Gasteiger partial charge in [0.25, 0.3) is 5.91 Å². The van der Waals surface area contributed by atoms with E-state index < -0.39 is 0 Å². The number of H-pyrrole nitrogens is 1. The molecule has 0 aliphatic carbocycles. The monoisotopic (exact) mass is 274 g/mol. The van der Waals surface area contributed by atoms with Gasteiger partial charge in [-0.05, 0) is 17.7 Å². The van der Waals surface area contributed by atoms with Gasteiger partial charge in [0.05, 0.1) is 7.11 Å². The number of amides is 1. The fourth-order valence-electron chi connectivity index (χ4n) is 1.68. The first-order valence-corrected chi connectivity index (χ1v) is 6.43. The second-order valence-corrected chi connectivity index (χ2v) is 4.73. The summed E-state index contributed by atoms with van der Waals surface area (Å²) in [7, 11) is 1.61. The fraction of sp³-hybridized carbons (Fsp3) is 0.357. The Morgan fingerprint density at radius 3 is 2.90 bits per heavy atom. The minimum Gasteiger partial charge on any atom is -0.497 e. The molecule has 6 heteroatoms. The highest BCUT2D eigenvalue weighted by Crippen LogP contribution is 2.12. The van der Waals surface area contributed by atoms with Crippen molar-refractivity contribution in [2.75, 3.05) is 7.11 Å². The molecule has 0 spiro atoms. The molecule has 0 atom stereocenters. The maximum Gasteiger partial charge on any atom is 0.291 e. The van der Waals surface area contributed by atoms with E-state index in [9.17, 15) is 4.79 Å². The van der Waals surface area contributed by atoms with E-state index in [-0.39, 0.29) is 17.6 Å². The molecule has 1 heterocycles. The van der Waals surface area contributed by atoms with E-state index in [4.69, 9.17) is 4.74 Å². The van der Waals surface area contributed by atoms with Gasteiger partial charge in [-0.25, -0.2) is 4.98 Å². The molecule has 0 aliphatic heterocycles. The summed E-state index contributed by atoms with van der Waals surface area (Å²) in [5.74, 6) is 1.54. The predicted octanol–water partition coefficient (Wildman–Crippen LogP) is 1.87. The van der Waals surface area contributed by atoms with Crippen molar-refractivity contribution < 1.29 is 9.53 Å². The minimum atomic E-state index is -0.295. The highest BCUT2D eigenvalue weighted by Gasteiger charge is 2.13. The maximum absolute atomic E-state index is 11.9. The van der Waals surface area contributed by atoms with Crippen molar-refractivity contribution in [3.05, 3.63) is 41.5 Å². The first-order valence-electron chi connectivity index (χ1n) is 6.43. The van der Waals surface area contributed by atoms with Crippen molar-refractivity contribution in [2.24, 2.45) is 0 Å². The molecule has 0 saturated heterocycles. The van der Waals surface area contributed by atoms with Crippen molar-refractivity contribution in [1.82, 2.24) is 20.5 Å². The topological polar surface area (TPSA) is 79.9 Å². The summed E-state index contributed by atoms with van der Waals surface area (Å²) in [6.07, 6.45) is 0. The molecule has 2 aromatic rings. The lowest BCUT2D eigenvalue weighted by Gasteiger charge is -2.05. The van der Waals surface area contributed by atoms with Crippen molar-refractivity contribution >= 4 is 5.91 Å². The summed E-state index contributed by atoms with van der Waals surface area (Å²) in [4.78, 5) is 16.1. The van der Waals surface area contributed by atoms with E-state index in [1.807, 2.05) is 38.1 Å². The third-order valence-corrected chi connectivity index (χ3v) is 2.84. The van der Waals surface area contributed by atoms with Crippen LogP contribution in [0.1, 0.15) is 41.8 Å². The van der Waals surface area contributed by atoms with Crippen molar-refractivity contribution in [3.8, 4) is 5.75 Å². The van der Waals surface area contributed by atoms with Crippen LogP contribution in [0.2, 0.25) is 0 Å². The third kappa shape index (κ3) is 3.34. The number of benzene rings is 1. The molecule has 1 aromatic carbocycles. The number of aromatic nitrogens is 3. The molecular weight excluding hydrogens is 256 g/mol. The van der Waals surface area contributed by atoms with Crippen LogP contribution in [0.3, 0.4) is 0 Å². The molecule has 2 N–H and O–H groups in total. The van der Waals surface area contributed by atoms with Crippen molar-refractivity contribution in [1.29, 1.82) is 0 Å². The number of carbonyl (C=O) groups is 1. The number of hydrogen-bond donors (Lipinski definition) is 2. The second kappa shape index (κ2) is 6.18. The van der Waals surface area contributed by atoms with Crippen LogP contribution in [-0.4, -0.2) is 28.2 Å². The largest absolute Gasteiger partial charge is 0.497 e. The normalized spacial score (nSPS) is 10.6. The molecule has 2 rings (SSSR count). The Morgan fingerprint density at radius 1 is 1.45 bits per heavy atom. The molecule has 106 valence electrons. The third-order valence-electron chi connectivity index (χ3n) is 2.84. The molecular formula is C14H18N4O2. The Labute approximate surface area is 117 Å². The minimum absolute atomic E-state index is 0.164. The van der Waals surface area contributed by atoms with Gasteiger partial charge in [-0.15, -0.1) is 5.10 Å². The summed E-state index contributed by atoms with van der Waals surface area (Å²) in [6.45, 7) is 4.37. The fourth-order valence-corrected chi connectivity index (χ4v) is 1.68. The lowest BCUT2D eigenvalue weighted by Crippen LogP contribution is -2.24. The van der Waals surface area contributed by atoms with Gasteiger partial charge in [0.2, 0.25) is 5.82 Å². The smallest absolute Gasteiger partial charge is 0.291 e. The van der Waals surface area contributed by atoms with Gasteiger partial charge in [0.1, 0.15) is 11.6 Å². The van der Waals surface area contributed by atoms with E-state index in [2.05, 4.69) is 20.5 Å². The van der Waals surface area contributed by atoms with Crippen LogP contribution in [0.4, 0.5) is 0 Å². The number of carbonyl (C=O) groups excluding carboxylic acids is 1. The van der Waals surface area contributed by atoms with Crippen molar-refractivity contribution in [3.63, 3.8) is 0 Å². The summed E-state index contributed by atoms with van der Waals surface area (Å²) in [5.41, 5.74) is 0.956. The Bertz CT molecular complexity index is 592. The Kier molecular flexibility index (Phi) is 4.34. The summed E-state index contributed by atoms with van der Waals surface area (Å²) >= 11 is 0. The Hall–Kier alpha value is -2.37. The SMILES string of the molecule is COc1cccc(CNC(=O)c2n[nH]c(C(C)C)n2)c1.